The Morgan fingerprint density at radius 1 is 1.50 bits per heavy atom. The molecule has 0 saturated carbocycles. The quantitative estimate of drug-likeness (QED) is 0.934. The van der Waals surface area contributed by atoms with Crippen molar-refractivity contribution in [1.29, 1.82) is 0 Å². The Labute approximate surface area is 103 Å². The summed E-state index contributed by atoms with van der Waals surface area (Å²) in [6.45, 7) is 2.81. The van der Waals surface area contributed by atoms with Crippen LogP contribution >= 0.6 is 15.9 Å². The van der Waals surface area contributed by atoms with Crippen molar-refractivity contribution >= 4 is 15.9 Å². The highest BCUT2D eigenvalue weighted by molar-refractivity contribution is 9.10. The van der Waals surface area contributed by atoms with Gasteiger partial charge in [0.2, 0.25) is 0 Å². The number of oxazole rings is 1. The van der Waals surface area contributed by atoms with Gasteiger partial charge in [0.25, 0.3) is 0 Å². The lowest BCUT2D eigenvalue weighted by Gasteiger charge is -2.13. The van der Waals surface area contributed by atoms with E-state index in [0.29, 0.717) is 6.54 Å². The first kappa shape index (κ1) is 11.4. The Balaban J connectivity index is 1.95. The second-order valence-electron chi connectivity index (χ2n) is 3.63. The summed E-state index contributed by atoms with van der Waals surface area (Å²) in [6.07, 6.45) is 3.17. The molecule has 2 aromatic rings. The molecule has 1 aromatic carbocycles. The molecule has 0 radical (unpaired) electrons. The van der Waals surface area contributed by atoms with Crippen LogP contribution in [0, 0.1) is 0 Å². The molecule has 4 heteroatoms. The predicted octanol–water partition coefficient (Wildman–Crippen LogP) is 3.29. The smallest absolute Gasteiger partial charge is 0.180 e. The number of nitrogens with one attached hydrogen (secondary N) is 1. The minimum Gasteiger partial charge on any atom is -0.447 e. The van der Waals surface area contributed by atoms with Crippen LogP contribution in [0.4, 0.5) is 0 Å². The summed E-state index contributed by atoms with van der Waals surface area (Å²) in [4.78, 5) is 3.87. The first-order valence-electron chi connectivity index (χ1n) is 5.12. The monoisotopic (exact) mass is 280 g/mol. The summed E-state index contributed by atoms with van der Waals surface area (Å²) in [5.41, 5.74) is 1.24. The molecule has 16 heavy (non-hydrogen) atoms. The fourth-order valence-electron chi connectivity index (χ4n) is 1.48. The summed E-state index contributed by atoms with van der Waals surface area (Å²) in [6, 6.07) is 8.54. The van der Waals surface area contributed by atoms with Crippen molar-refractivity contribution in [1.82, 2.24) is 10.3 Å². The van der Waals surface area contributed by atoms with Crippen molar-refractivity contribution in [2.24, 2.45) is 0 Å². The molecular weight excluding hydrogens is 268 g/mol. The molecule has 0 spiro atoms. The third-order valence-corrected chi connectivity index (χ3v) is 2.91. The molecule has 0 bridgehead atoms. The molecule has 1 N–H and O–H groups in total. The molecule has 3 nitrogen and oxygen atoms in total. The molecule has 0 fully saturated rings. The normalized spacial score (nSPS) is 12.6. The number of hydrogen-bond acceptors (Lipinski definition) is 3. The van der Waals surface area contributed by atoms with E-state index in [1.54, 1.807) is 6.20 Å². The van der Waals surface area contributed by atoms with Crippen LogP contribution in [0.3, 0.4) is 0 Å². The van der Waals surface area contributed by atoms with Crippen molar-refractivity contribution < 1.29 is 4.42 Å². The van der Waals surface area contributed by atoms with E-state index in [1.165, 1.54) is 12.0 Å². The van der Waals surface area contributed by atoms with Gasteiger partial charge in [-0.25, -0.2) is 4.98 Å². The lowest BCUT2D eigenvalue weighted by Crippen LogP contribution is -2.17. The molecule has 1 aromatic heterocycles. The molecule has 2 rings (SSSR count). The third-order valence-electron chi connectivity index (χ3n) is 2.41. The van der Waals surface area contributed by atoms with E-state index in [0.717, 1.165) is 10.2 Å². The van der Waals surface area contributed by atoms with E-state index in [1.807, 2.05) is 12.1 Å². The topological polar surface area (TPSA) is 38.1 Å². The molecule has 1 atom stereocenters. The van der Waals surface area contributed by atoms with Crippen LogP contribution in [0.1, 0.15) is 24.3 Å². The highest BCUT2D eigenvalue weighted by Gasteiger charge is 2.05. The second kappa shape index (κ2) is 5.27. The Bertz CT molecular complexity index is 442. The van der Waals surface area contributed by atoms with Crippen molar-refractivity contribution in [3.05, 3.63) is 52.7 Å². The van der Waals surface area contributed by atoms with Gasteiger partial charge in [-0.1, -0.05) is 28.1 Å². The maximum atomic E-state index is 5.16. The summed E-state index contributed by atoms with van der Waals surface area (Å²) in [7, 11) is 0. The van der Waals surface area contributed by atoms with Crippen LogP contribution in [0.5, 0.6) is 0 Å². The van der Waals surface area contributed by atoms with Crippen molar-refractivity contribution in [2.75, 3.05) is 0 Å². The Morgan fingerprint density at radius 2 is 2.38 bits per heavy atom. The average Bonchev–Trinajstić information content (AvgIpc) is 2.78. The van der Waals surface area contributed by atoms with Crippen LogP contribution in [0.25, 0.3) is 0 Å². The van der Waals surface area contributed by atoms with E-state index in [9.17, 15) is 0 Å². The average molecular weight is 281 g/mol. The SMILES string of the molecule is C[C@H](NCc1cnco1)c1cccc(Br)c1. The van der Waals surface area contributed by atoms with Crippen LogP contribution in [-0.2, 0) is 6.54 Å². The van der Waals surface area contributed by atoms with Gasteiger partial charge in [-0.05, 0) is 24.6 Å². The van der Waals surface area contributed by atoms with E-state index < -0.39 is 0 Å². The minimum atomic E-state index is 0.280. The number of halogens is 1. The molecule has 0 saturated heterocycles. The zero-order valence-electron chi connectivity index (χ0n) is 8.98. The Hall–Kier alpha value is -1.13. The van der Waals surface area contributed by atoms with Gasteiger partial charge in [0.05, 0.1) is 12.7 Å². The van der Waals surface area contributed by atoms with Gasteiger partial charge in [0, 0.05) is 10.5 Å². The minimum absolute atomic E-state index is 0.280. The Morgan fingerprint density at radius 3 is 3.06 bits per heavy atom. The summed E-state index contributed by atoms with van der Waals surface area (Å²) < 4.78 is 6.26. The van der Waals surface area contributed by atoms with E-state index in [4.69, 9.17) is 4.42 Å². The molecule has 0 amide bonds. The van der Waals surface area contributed by atoms with Crippen LogP contribution in [0.2, 0.25) is 0 Å². The van der Waals surface area contributed by atoms with Crippen molar-refractivity contribution in [2.45, 2.75) is 19.5 Å². The fourth-order valence-corrected chi connectivity index (χ4v) is 1.89. The first-order valence-corrected chi connectivity index (χ1v) is 5.91. The number of hydrogen-bond donors (Lipinski definition) is 1. The predicted molar refractivity (Wildman–Crippen MR) is 65.9 cm³/mol. The Kier molecular flexibility index (Phi) is 3.74. The highest BCUT2D eigenvalue weighted by atomic mass is 79.9. The van der Waals surface area contributed by atoms with Gasteiger partial charge in [-0.3, -0.25) is 0 Å². The van der Waals surface area contributed by atoms with Gasteiger partial charge in [-0.2, -0.15) is 0 Å². The zero-order chi connectivity index (χ0) is 11.4. The fraction of sp³-hybridized carbons (Fsp3) is 0.250. The number of benzene rings is 1. The summed E-state index contributed by atoms with van der Waals surface area (Å²) in [5.74, 6) is 0.849. The van der Waals surface area contributed by atoms with Crippen LogP contribution < -0.4 is 5.32 Å². The second-order valence-corrected chi connectivity index (χ2v) is 4.54. The maximum Gasteiger partial charge on any atom is 0.180 e. The van der Waals surface area contributed by atoms with Crippen LogP contribution in [-0.4, -0.2) is 4.98 Å². The van der Waals surface area contributed by atoms with Gasteiger partial charge in [0.15, 0.2) is 6.39 Å². The number of nitrogens with zero attached hydrogens (tertiary/aromatic N) is 1. The van der Waals surface area contributed by atoms with Gasteiger partial charge in [-0.15, -0.1) is 0 Å². The number of rotatable bonds is 4. The lowest BCUT2D eigenvalue weighted by atomic mass is 10.1. The van der Waals surface area contributed by atoms with Gasteiger partial charge >= 0.3 is 0 Å². The molecule has 84 valence electrons. The molecule has 0 aliphatic carbocycles. The molecule has 1 heterocycles. The largest absolute Gasteiger partial charge is 0.447 e. The first-order chi connectivity index (χ1) is 7.75. The zero-order valence-corrected chi connectivity index (χ0v) is 10.6. The molecule has 0 aliphatic heterocycles. The number of aromatic nitrogens is 1. The van der Waals surface area contributed by atoms with Crippen molar-refractivity contribution in [3.8, 4) is 0 Å². The van der Waals surface area contributed by atoms with Crippen LogP contribution in [0.15, 0.2) is 45.7 Å². The lowest BCUT2D eigenvalue weighted by molar-refractivity contribution is 0.458. The molecular formula is C12H13BrN2O. The third kappa shape index (κ3) is 2.93. The highest BCUT2D eigenvalue weighted by Crippen LogP contribution is 2.18. The molecule has 0 unspecified atom stereocenters. The van der Waals surface area contributed by atoms with Gasteiger partial charge < -0.3 is 9.73 Å². The van der Waals surface area contributed by atoms with E-state index in [2.05, 4.69) is 45.3 Å². The van der Waals surface area contributed by atoms with Gasteiger partial charge in [0.1, 0.15) is 5.76 Å². The van der Waals surface area contributed by atoms with Crippen molar-refractivity contribution in [3.63, 3.8) is 0 Å². The summed E-state index contributed by atoms with van der Waals surface area (Å²) >= 11 is 3.46. The van der Waals surface area contributed by atoms with E-state index in [-0.39, 0.29) is 6.04 Å². The summed E-state index contributed by atoms with van der Waals surface area (Å²) in [5, 5.41) is 3.37. The molecule has 0 aliphatic rings. The standard InChI is InChI=1S/C12H13BrN2O/c1-9(10-3-2-4-11(13)5-10)15-7-12-6-14-8-16-12/h2-6,8-9,15H,7H2,1H3/t9-/m0/s1. The van der Waals surface area contributed by atoms with E-state index >= 15 is 0 Å². The maximum absolute atomic E-state index is 5.16.